The van der Waals surface area contributed by atoms with Gasteiger partial charge in [0, 0.05) is 0 Å². The first-order valence-corrected chi connectivity index (χ1v) is 36.8. The van der Waals surface area contributed by atoms with Crippen LogP contribution in [0.5, 0.6) is 0 Å². The molecule has 0 saturated heterocycles. The molecule has 0 N–H and O–H groups in total. The van der Waals surface area contributed by atoms with E-state index in [-0.39, 0.29) is 36.4 Å². The minimum absolute atomic E-state index is 0. The Morgan fingerprint density at radius 1 is 0.706 bits per heavy atom. The first kappa shape index (κ1) is 29.5. The van der Waals surface area contributed by atoms with Crippen LogP contribution in [-0.4, -0.2) is 12.2 Å². The summed E-state index contributed by atoms with van der Waals surface area (Å²) in [5.41, 5.74) is 7.02. The quantitative estimate of drug-likeness (QED) is 0.277. The first-order valence-electron chi connectivity index (χ1n) is 11.4. The van der Waals surface area contributed by atoms with Crippen molar-refractivity contribution in [3.05, 3.63) is 101 Å². The third-order valence-corrected chi connectivity index (χ3v) is 38.8. The number of rotatable bonds is 4. The Hall–Kier alpha value is -0.747. The van der Waals surface area contributed by atoms with E-state index in [1.165, 1.54) is 46.6 Å². The van der Waals surface area contributed by atoms with Gasteiger partial charge in [0.15, 0.2) is 0 Å². The number of allylic oxidation sites excluding steroid dienone is 8. The summed E-state index contributed by atoms with van der Waals surface area (Å²) >= 11 is -2.35. The smallest absolute Gasteiger partial charge is 0.147 e. The summed E-state index contributed by atoms with van der Waals surface area (Å²) in [7, 11) is 0. The fraction of sp³-hybridized carbons (Fsp3) is 0.286. The van der Waals surface area contributed by atoms with Gasteiger partial charge in [0.25, 0.3) is 0 Å². The van der Waals surface area contributed by atoms with Gasteiger partial charge in [-0.15, -0.1) is 24.8 Å². The molecule has 0 nitrogen and oxygen atoms in total. The largest absolute Gasteiger partial charge is 0.147 e. The summed E-state index contributed by atoms with van der Waals surface area (Å²) < 4.78 is 36.4. The van der Waals surface area contributed by atoms with Gasteiger partial charge in [0.1, 0.15) is 0 Å². The summed E-state index contributed by atoms with van der Waals surface area (Å²) in [5, 5.41) is 0. The minimum atomic E-state index is -3.63. The molecule has 0 spiro atoms. The maximum absolute atomic E-state index is 14.0. The van der Waals surface area contributed by atoms with Gasteiger partial charge >= 0.3 is 198 Å². The third kappa shape index (κ3) is 5.05. The molecule has 182 valence electrons. The molecule has 2 aromatic rings. The Kier molecular flexibility index (Phi) is 8.95. The molecule has 2 atom stereocenters. The van der Waals surface area contributed by atoms with Crippen molar-refractivity contribution in [3.8, 4) is 0 Å². The van der Waals surface area contributed by atoms with Crippen molar-refractivity contribution < 1.29 is 24.2 Å². The maximum atomic E-state index is 14.0. The van der Waals surface area contributed by atoms with Crippen LogP contribution >= 0.6 is 24.8 Å². The van der Waals surface area contributed by atoms with Crippen molar-refractivity contribution in [2.24, 2.45) is 11.8 Å². The Balaban J connectivity index is 0.00000204. The van der Waals surface area contributed by atoms with Crippen LogP contribution in [0.4, 0.5) is 8.78 Å². The van der Waals surface area contributed by atoms with Crippen LogP contribution in [-0.2, 0) is 15.4 Å². The van der Waals surface area contributed by atoms with E-state index in [0.29, 0.717) is 11.8 Å². The van der Waals surface area contributed by atoms with Crippen molar-refractivity contribution in [3.63, 3.8) is 0 Å². The third-order valence-electron chi connectivity index (χ3n) is 7.36. The predicted octanol–water partition coefficient (Wildman–Crippen LogP) is 8.46. The normalized spacial score (nSPS) is 20.6. The van der Waals surface area contributed by atoms with Crippen LogP contribution in [0.3, 0.4) is 0 Å². The van der Waals surface area contributed by atoms with Gasteiger partial charge < -0.3 is 0 Å². The molecule has 6 heteroatoms. The topological polar surface area (TPSA) is 0 Å². The minimum Gasteiger partial charge on any atom is -0.147 e. The van der Waals surface area contributed by atoms with Crippen molar-refractivity contribution in [2.45, 2.75) is 37.1 Å². The molecule has 4 rings (SSSR count). The fourth-order valence-electron chi connectivity index (χ4n) is 6.64. The predicted molar refractivity (Wildman–Crippen MR) is 147 cm³/mol. The molecular formula is C28H34Cl2F2GeHf. The summed E-state index contributed by atoms with van der Waals surface area (Å²) in [6, 6.07) is 14.0. The summed E-state index contributed by atoms with van der Waals surface area (Å²) in [6.07, 6.45) is 4.68. The van der Waals surface area contributed by atoms with Gasteiger partial charge in [0.2, 0.25) is 0 Å². The van der Waals surface area contributed by atoms with E-state index in [2.05, 4.69) is 49.2 Å². The number of halogens is 4. The van der Waals surface area contributed by atoms with Gasteiger partial charge in [0.05, 0.1) is 0 Å². The molecule has 2 unspecified atom stereocenters. The first-order chi connectivity index (χ1) is 14.9. The van der Waals surface area contributed by atoms with E-state index in [0.717, 1.165) is 11.1 Å². The van der Waals surface area contributed by atoms with E-state index in [4.69, 9.17) is 0 Å². The summed E-state index contributed by atoms with van der Waals surface area (Å²) in [4.78, 5) is 0. The second kappa shape index (κ2) is 10.3. The molecule has 0 fully saturated rings. The van der Waals surface area contributed by atoms with Crippen LogP contribution in [0.25, 0.3) is 11.1 Å². The molecule has 2 aliphatic carbocycles. The molecule has 0 aromatic heterocycles. The van der Waals surface area contributed by atoms with E-state index >= 15 is 0 Å². The van der Waals surface area contributed by atoms with Crippen molar-refractivity contribution in [1.29, 1.82) is 0 Å². The molecule has 2 aromatic carbocycles. The van der Waals surface area contributed by atoms with Crippen molar-refractivity contribution >= 4 is 48.2 Å². The van der Waals surface area contributed by atoms with Crippen molar-refractivity contribution in [1.82, 2.24) is 0 Å². The van der Waals surface area contributed by atoms with Crippen LogP contribution in [0.1, 0.15) is 38.8 Å². The van der Waals surface area contributed by atoms with E-state index in [1.54, 1.807) is 30.9 Å². The Morgan fingerprint density at radius 3 is 1.38 bits per heavy atom. The molecule has 0 amide bonds. The zero-order valence-electron chi connectivity index (χ0n) is 20.7. The van der Waals surface area contributed by atoms with Gasteiger partial charge in [-0.3, -0.25) is 0 Å². The average Bonchev–Trinajstić information content (AvgIpc) is 3.17. The molecule has 2 aliphatic rings. The Bertz CT molecular complexity index is 1230. The standard InChI is InChI=1S/2C13H12F.2CH3.2ClH.GeH2.Hf/c2*1-9-6-10(2)13(7-9)11-4-3-5-12(14)8-11;;;;;;/h2*3-5,7-9H,1-2H3;2*1H3;2*1H;1H2;. The summed E-state index contributed by atoms with van der Waals surface area (Å²) in [5.74, 6) is 0.344. The average molecular weight is 731 g/mol. The monoisotopic (exact) mass is 732 g/mol. The molecule has 34 heavy (non-hydrogen) atoms. The van der Waals surface area contributed by atoms with Crippen LogP contribution < -0.4 is 0 Å². The van der Waals surface area contributed by atoms with Crippen LogP contribution in [0.15, 0.2) is 78.5 Å². The second-order valence-electron chi connectivity index (χ2n) is 10.5. The molecule has 0 heterocycles. The molecular weight excluding hydrogens is 696 g/mol. The van der Waals surface area contributed by atoms with Crippen LogP contribution in [0, 0.1) is 23.5 Å². The van der Waals surface area contributed by atoms with E-state index < -0.39 is 15.4 Å². The van der Waals surface area contributed by atoms with Crippen molar-refractivity contribution in [2.75, 3.05) is 0 Å². The Morgan fingerprint density at radius 2 is 1.06 bits per heavy atom. The number of benzene rings is 2. The number of hydrogen-bond acceptors (Lipinski definition) is 0. The zero-order valence-corrected chi connectivity index (χ0v) is 28.9. The SMILES string of the molecule is CC1=[C]([Hf]([CH3])([CH3])(=[GeH2])[C]2=C(C)C(c3cccc(F)c3)=CC2C)C(C)C=C1c1cccc(F)c1.Cl.Cl. The summed E-state index contributed by atoms with van der Waals surface area (Å²) in [6.45, 7) is 9.09. The zero-order chi connectivity index (χ0) is 23.4. The van der Waals surface area contributed by atoms with E-state index in [9.17, 15) is 8.78 Å². The molecule has 0 bridgehead atoms. The van der Waals surface area contributed by atoms with Gasteiger partial charge in [-0.1, -0.05) is 0 Å². The van der Waals surface area contributed by atoms with Crippen LogP contribution in [0.2, 0.25) is 9.36 Å². The van der Waals surface area contributed by atoms with Gasteiger partial charge in [-0.05, 0) is 0 Å². The fourth-order valence-corrected chi connectivity index (χ4v) is 48.5. The van der Waals surface area contributed by atoms with Gasteiger partial charge in [-0.2, -0.15) is 0 Å². The van der Waals surface area contributed by atoms with E-state index in [1.807, 2.05) is 12.1 Å². The maximum Gasteiger partial charge on any atom is -0.147 e. The van der Waals surface area contributed by atoms with Gasteiger partial charge in [-0.25, -0.2) is 0 Å². The molecule has 0 saturated carbocycles. The molecule has 0 radical (unpaired) electrons. The number of hydrogen-bond donors (Lipinski definition) is 0. The Labute approximate surface area is 220 Å². The second-order valence-corrected chi connectivity index (χ2v) is 70.1. The molecule has 0 aliphatic heterocycles.